The fourth-order valence-corrected chi connectivity index (χ4v) is 3.06. The Labute approximate surface area is 159 Å². The van der Waals surface area contributed by atoms with Crippen molar-refractivity contribution in [3.63, 3.8) is 0 Å². The molecule has 0 saturated carbocycles. The highest BCUT2D eigenvalue weighted by atomic mass is 32.2. The van der Waals surface area contributed by atoms with Crippen LogP contribution in [0.1, 0.15) is 21.6 Å². The number of nitrogens with zero attached hydrogens (tertiary/aromatic N) is 2. The quantitative estimate of drug-likeness (QED) is 0.621. The van der Waals surface area contributed by atoms with E-state index < -0.39 is 28.9 Å². The van der Waals surface area contributed by atoms with Gasteiger partial charge in [-0.1, -0.05) is 24.3 Å². The van der Waals surface area contributed by atoms with Crippen LogP contribution in [0.4, 0.5) is 13.2 Å². The maximum atomic E-state index is 13.2. The van der Waals surface area contributed by atoms with Crippen molar-refractivity contribution in [3.05, 3.63) is 71.4 Å². The van der Waals surface area contributed by atoms with Crippen molar-refractivity contribution in [1.82, 2.24) is 9.78 Å². The Balaban J connectivity index is 2.08. The summed E-state index contributed by atoms with van der Waals surface area (Å²) < 4.78 is 60.4. The van der Waals surface area contributed by atoms with Gasteiger partial charge >= 0.3 is 12.1 Å². The summed E-state index contributed by atoms with van der Waals surface area (Å²) in [5, 5.41) is 12.6. The Morgan fingerprint density at radius 3 is 2.18 bits per heavy atom. The van der Waals surface area contributed by atoms with E-state index >= 15 is 0 Å². The summed E-state index contributed by atoms with van der Waals surface area (Å²) in [6, 6.07) is 12.3. The number of carbonyl (C=O) groups is 1. The number of hydrogen-bond donors (Lipinski definition) is 2. The number of halogens is 3. The third-order valence-corrected chi connectivity index (χ3v) is 4.48. The van der Waals surface area contributed by atoms with Crippen molar-refractivity contribution < 1.29 is 31.8 Å². The van der Waals surface area contributed by atoms with Crippen LogP contribution in [0.2, 0.25) is 0 Å². The van der Waals surface area contributed by atoms with Gasteiger partial charge in [-0.15, -0.1) is 0 Å². The molecule has 0 fully saturated rings. The van der Waals surface area contributed by atoms with Crippen LogP contribution in [0, 0.1) is 0 Å². The smallest absolute Gasteiger partial charge is 0.435 e. The molecule has 0 aliphatic rings. The SMILES string of the molecule is O=C(O)c1ccc(-n2nc(C(F)(F)F)cc2-c2ccc(CS(=O)O)cc2)cc1. The van der Waals surface area contributed by atoms with E-state index in [1.807, 2.05) is 0 Å². The van der Waals surface area contributed by atoms with Crippen LogP contribution in [-0.4, -0.2) is 29.6 Å². The van der Waals surface area contributed by atoms with Gasteiger partial charge in [0, 0.05) is 5.56 Å². The van der Waals surface area contributed by atoms with Crippen LogP contribution in [-0.2, 0) is 23.0 Å². The third-order valence-electron chi connectivity index (χ3n) is 3.90. The summed E-state index contributed by atoms with van der Waals surface area (Å²) in [5.41, 5.74) is 0.276. The number of carboxylic acids is 1. The first-order valence-corrected chi connectivity index (χ1v) is 9.10. The Kier molecular flexibility index (Phi) is 5.34. The highest BCUT2D eigenvalue weighted by Crippen LogP contribution is 2.33. The molecule has 0 radical (unpaired) electrons. The van der Waals surface area contributed by atoms with Crippen LogP contribution in [0.25, 0.3) is 16.9 Å². The molecule has 1 unspecified atom stereocenters. The summed E-state index contributed by atoms with van der Waals surface area (Å²) >= 11 is -2.03. The molecule has 1 heterocycles. The normalized spacial score (nSPS) is 12.7. The molecule has 0 aliphatic carbocycles. The maximum absolute atomic E-state index is 13.2. The van der Waals surface area contributed by atoms with Gasteiger partial charge in [0.15, 0.2) is 16.8 Å². The highest BCUT2D eigenvalue weighted by molar-refractivity contribution is 7.78. The van der Waals surface area contributed by atoms with Gasteiger partial charge in [-0.25, -0.2) is 13.7 Å². The average Bonchev–Trinajstić information content (AvgIpc) is 3.07. The van der Waals surface area contributed by atoms with Gasteiger partial charge in [-0.2, -0.15) is 18.3 Å². The molecule has 146 valence electrons. The monoisotopic (exact) mass is 410 g/mol. The minimum Gasteiger partial charge on any atom is -0.478 e. The second kappa shape index (κ2) is 7.56. The lowest BCUT2D eigenvalue weighted by atomic mass is 10.1. The van der Waals surface area contributed by atoms with Gasteiger partial charge in [-0.3, -0.25) is 0 Å². The number of hydrogen-bond acceptors (Lipinski definition) is 3. The summed E-state index contributed by atoms with van der Waals surface area (Å²) in [7, 11) is 0. The predicted octanol–water partition coefficient (Wildman–Crippen LogP) is 3.98. The zero-order chi connectivity index (χ0) is 20.5. The summed E-state index contributed by atoms with van der Waals surface area (Å²) in [4.78, 5) is 11.0. The minimum absolute atomic E-state index is 0.00476. The van der Waals surface area contributed by atoms with Crippen LogP contribution < -0.4 is 0 Å². The molecule has 0 bridgehead atoms. The van der Waals surface area contributed by atoms with Crippen molar-refractivity contribution in [3.8, 4) is 16.9 Å². The van der Waals surface area contributed by atoms with E-state index in [2.05, 4.69) is 5.10 Å². The van der Waals surface area contributed by atoms with Crippen LogP contribution >= 0.6 is 0 Å². The summed E-state index contributed by atoms with van der Waals surface area (Å²) in [6.07, 6.45) is -4.66. The number of rotatable bonds is 5. The molecule has 1 aromatic heterocycles. The zero-order valence-electron chi connectivity index (χ0n) is 14.1. The largest absolute Gasteiger partial charge is 0.478 e. The molecule has 0 aliphatic heterocycles. The van der Waals surface area contributed by atoms with Crippen LogP contribution in [0.5, 0.6) is 0 Å². The first-order valence-electron chi connectivity index (χ1n) is 7.83. The lowest BCUT2D eigenvalue weighted by molar-refractivity contribution is -0.141. The van der Waals surface area contributed by atoms with E-state index in [4.69, 9.17) is 9.66 Å². The first-order chi connectivity index (χ1) is 13.1. The molecular weight excluding hydrogens is 397 g/mol. The number of aromatic nitrogens is 2. The van der Waals surface area contributed by atoms with Gasteiger partial charge in [0.2, 0.25) is 0 Å². The highest BCUT2D eigenvalue weighted by Gasteiger charge is 2.35. The lowest BCUT2D eigenvalue weighted by Gasteiger charge is -2.09. The fraction of sp³-hybridized carbons (Fsp3) is 0.111. The Morgan fingerprint density at radius 1 is 1.07 bits per heavy atom. The first kappa shape index (κ1) is 19.8. The van der Waals surface area contributed by atoms with Gasteiger partial charge in [0.25, 0.3) is 0 Å². The Bertz CT molecular complexity index is 1030. The zero-order valence-corrected chi connectivity index (χ0v) is 14.9. The lowest BCUT2D eigenvalue weighted by Crippen LogP contribution is -2.07. The molecule has 1 atom stereocenters. The number of carboxylic acid groups (broad SMARTS) is 1. The second-order valence-electron chi connectivity index (χ2n) is 5.84. The van der Waals surface area contributed by atoms with E-state index in [0.29, 0.717) is 11.1 Å². The third kappa shape index (κ3) is 4.29. The summed E-state index contributed by atoms with van der Waals surface area (Å²) in [6.45, 7) is 0. The van der Waals surface area contributed by atoms with E-state index in [1.54, 1.807) is 12.1 Å². The van der Waals surface area contributed by atoms with E-state index in [-0.39, 0.29) is 22.7 Å². The molecule has 2 N–H and O–H groups in total. The molecule has 2 aromatic carbocycles. The topological polar surface area (TPSA) is 92.4 Å². The average molecular weight is 410 g/mol. The molecule has 3 aromatic rings. The molecule has 6 nitrogen and oxygen atoms in total. The Hall–Kier alpha value is -2.98. The minimum atomic E-state index is -4.66. The van der Waals surface area contributed by atoms with Crippen molar-refractivity contribution in [2.45, 2.75) is 11.9 Å². The standard InChI is InChI=1S/C18H13F3N2O4S/c19-18(20,21)16-9-15(12-3-1-11(2-4-12)10-28(26)27)23(22-16)14-7-5-13(6-8-14)17(24)25/h1-9H,10H2,(H,24,25)(H,26,27). The Morgan fingerprint density at radius 2 is 1.68 bits per heavy atom. The maximum Gasteiger partial charge on any atom is 0.435 e. The number of alkyl halides is 3. The van der Waals surface area contributed by atoms with E-state index in [1.165, 1.54) is 36.4 Å². The number of aromatic carboxylic acids is 1. The molecule has 3 rings (SSSR count). The summed E-state index contributed by atoms with van der Waals surface area (Å²) in [5.74, 6) is -1.25. The second-order valence-corrected chi connectivity index (χ2v) is 6.77. The van der Waals surface area contributed by atoms with Crippen LogP contribution in [0.15, 0.2) is 54.6 Å². The number of benzene rings is 2. The molecule has 0 spiro atoms. The van der Waals surface area contributed by atoms with Crippen molar-refractivity contribution in [2.24, 2.45) is 0 Å². The van der Waals surface area contributed by atoms with Gasteiger partial charge in [0.05, 0.1) is 22.7 Å². The molecule has 0 amide bonds. The molecule has 28 heavy (non-hydrogen) atoms. The van der Waals surface area contributed by atoms with E-state index in [9.17, 15) is 22.2 Å². The van der Waals surface area contributed by atoms with E-state index in [0.717, 1.165) is 10.7 Å². The van der Waals surface area contributed by atoms with Crippen molar-refractivity contribution in [1.29, 1.82) is 0 Å². The molecular formula is C18H13F3N2O4S. The molecule has 0 saturated heterocycles. The van der Waals surface area contributed by atoms with Crippen molar-refractivity contribution in [2.75, 3.05) is 0 Å². The van der Waals surface area contributed by atoms with Gasteiger partial charge in [-0.05, 0) is 35.9 Å². The predicted molar refractivity (Wildman–Crippen MR) is 95.4 cm³/mol. The fourth-order valence-electron chi connectivity index (χ4n) is 2.58. The molecule has 10 heteroatoms. The van der Waals surface area contributed by atoms with Crippen molar-refractivity contribution >= 4 is 17.0 Å². The van der Waals surface area contributed by atoms with Crippen LogP contribution in [0.3, 0.4) is 0 Å². The van der Waals surface area contributed by atoms with Gasteiger partial charge in [0.1, 0.15) is 0 Å². The van der Waals surface area contributed by atoms with Gasteiger partial charge < -0.3 is 9.66 Å².